The SMILES string of the molecule is C[S@@](=O)c1ccc(CNC(=O)N[C@@H]2CCc3c(F)cccc32)cc1. The van der Waals surface area contributed by atoms with E-state index in [1.807, 2.05) is 18.2 Å². The second-order valence-electron chi connectivity index (χ2n) is 5.82. The van der Waals surface area contributed by atoms with E-state index in [1.54, 1.807) is 24.5 Å². The molecule has 0 radical (unpaired) electrons. The number of urea groups is 1. The third kappa shape index (κ3) is 3.64. The van der Waals surface area contributed by atoms with E-state index >= 15 is 0 Å². The fourth-order valence-corrected chi connectivity index (χ4v) is 3.47. The summed E-state index contributed by atoms with van der Waals surface area (Å²) in [7, 11) is -1.01. The molecule has 0 unspecified atom stereocenters. The van der Waals surface area contributed by atoms with Crippen molar-refractivity contribution in [2.45, 2.75) is 30.3 Å². The van der Waals surface area contributed by atoms with Crippen molar-refractivity contribution in [2.75, 3.05) is 6.26 Å². The topological polar surface area (TPSA) is 58.2 Å². The molecule has 0 bridgehead atoms. The van der Waals surface area contributed by atoms with E-state index in [-0.39, 0.29) is 17.9 Å². The zero-order valence-electron chi connectivity index (χ0n) is 13.3. The molecule has 2 aromatic rings. The Bertz CT molecular complexity index is 777. The van der Waals surface area contributed by atoms with Gasteiger partial charge in [0.15, 0.2) is 0 Å². The van der Waals surface area contributed by atoms with Gasteiger partial charge < -0.3 is 10.6 Å². The standard InChI is InChI=1S/C18H19FN2O2S/c1-24(23)13-7-5-12(6-8-13)11-20-18(22)21-17-10-9-14-15(17)3-2-4-16(14)19/h2-8,17H,9-11H2,1H3,(H2,20,21,22)/t17-,24-/m1/s1. The van der Waals surface area contributed by atoms with Crippen molar-refractivity contribution >= 4 is 16.8 Å². The van der Waals surface area contributed by atoms with Gasteiger partial charge in [0.2, 0.25) is 0 Å². The van der Waals surface area contributed by atoms with Crippen molar-refractivity contribution in [3.8, 4) is 0 Å². The summed E-state index contributed by atoms with van der Waals surface area (Å²) in [4.78, 5) is 12.8. The van der Waals surface area contributed by atoms with Gasteiger partial charge in [0.05, 0.1) is 6.04 Å². The number of rotatable bonds is 4. The maximum atomic E-state index is 13.7. The first-order valence-corrected chi connectivity index (χ1v) is 9.34. The molecule has 2 atom stereocenters. The summed E-state index contributed by atoms with van der Waals surface area (Å²) in [5.41, 5.74) is 2.49. The predicted octanol–water partition coefficient (Wildman–Crippen LogP) is 3.05. The van der Waals surface area contributed by atoms with Gasteiger partial charge in [0.25, 0.3) is 0 Å². The fraction of sp³-hybridized carbons (Fsp3) is 0.278. The molecule has 3 rings (SSSR count). The quantitative estimate of drug-likeness (QED) is 0.894. The molecular weight excluding hydrogens is 327 g/mol. The van der Waals surface area contributed by atoms with Crippen LogP contribution in [0.3, 0.4) is 0 Å². The minimum Gasteiger partial charge on any atom is -0.334 e. The number of carbonyl (C=O) groups is 1. The number of hydrogen-bond donors (Lipinski definition) is 2. The van der Waals surface area contributed by atoms with E-state index in [0.717, 1.165) is 16.0 Å². The molecule has 2 N–H and O–H groups in total. The summed E-state index contributed by atoms with van der Waals surface area (Å²) < 4.78 is 25.1. The Labute approximate surface area is 142 Å². The molecule has 2 amide bonds. The lowest BCUT2D eigenvalue weighted by Gasteiger charge is -2.15. The van der Waals surface area contributed by atoms with Crippen molar-refractivity contribution in [1.82, 2.24) is 10.6 Å². The summed E-state index contributed by atoms with van der Waals surface area (Å²) in [6.07, 6.45) is 2.98. The van der Waals surface area contributed by atoms with Crippen molar-refractivity contribution in [1.29, 1.82) is 0 Å². The van der Waals surface area contributed by atoms with E-state index in [1.165, 1.54) is 6.07 Å². The molecule has 24 heavy (non-hydrogen) atoms. The monoisotopic (exact) mass is 346 g/mol. The van der Waals surface area contributed by atoms with Crippen LogP contribution in [-0.2, 0) is 23.8 Å². The number of hydrogen-bond acceptors (Lipinski definition) is 2. The number of amides is 2. The van der Waals surface area contributed by atoms with Crippen LogP contribution >= 0.6 is 0 Å². The summed E-state index contributed by atoms with van der Waals surface area (Å²) in [6, 6.07) is 11.8. The lowest BCUT2D eigenvalue weighted by Crippen LogP contribution is -2.36. The molecule has 0 heterocycles. The number of fused-ring (bicyclic) bond motifs is 1. The number of carbonyl (C=O) groups excluding carboxylic acids is 1. The molecule has 0 saturated carbocycles. The van der Waals surface area contributed by atoms with Gasteiger partial charge in [0, 0.05) is 28.5 Å². The second-order valence-corrected chi connectivity index (χ2v) is 7.20. The smallest absolute Gasteiger partial charge is 0.315 e. The van der Waals surface area contributed by atoms with Crippen molar-refractivity contribution < 1.29 is 13.4 Å². The van der Waals surface area contributed by atoms with E-state index < -0.39 is 10.8 Å². The predicted molar refractivity (Wildman–Crippen MR) is 91.6 cm³/mol. The molecule has 2 aromatic carbocycles. The molecule has 126 valence electrons. The van der Waals surface area contributed by atoms with Crippen LogP contribution in [0.25, 0.3) is 0 Å². The van der Waals surface area contributed by atoms with Crippen LogP contribution in [0, 0.1) is 5.82 Å². The number of halogens is 1. The van der Waals surface area contributed by atoms with Gasteiger partial charge in [-0.1, -0.05) is 24.3 Å². The van der Waals surface area contributed by atoms with E-state index in [9.17, 15) is 13.4 Å². The third-order valence-corrected chi connectivity index (χ3v) is 5.16. The van der Waals surface area contributed by atoms with Crippen LogP contribution in [0.5, 0.6) is 0 Å². The Morgan fingerprint density at radius 2 is 2.00 bits per heavy atom. The van der Waals surface area contributed by atoms with Crippen LogP contribution in [0.4, 0.5) is 9.18 Å². The lowest BCUT2D eigenvalue weighted by atomic mass is 10.1. The highest BCUT2D eigenvalue weighted by Crippen LogP contribution is 2.32. The maximum Gasteiger partial charge on any atom is 0.315 e. The molecule has 0 saturated heterocycles. The van der Waals surface area contributed by atoms with Gasteiger partial charge in [0.1, 0.15) is 5.82 Å². The van der Waals surface area contributed by atoms with E-state index in [2.05, 4.69) is 10.6 Å². The average molecular weight is 346 g/mol. The normalized spacial score (nSPS) is 17.2. The molecule has 4 nitrogen and oxygen atoms in total. The van der Waals surface area contributed by atoms with E-state index in [4.69, 9.17) is 0 Å². The highest BCUT2D eigenvalue weighted by molar-refractivity contribution is 7.84. The largest absolute Gasteiger partial charge is 0.334 e. The first-order chi connectivity index (χ1) is 11.5. The minimum atomic E-state index is -1.01. The van der Waals surface area contributed by atoms with Crippen LogP contribution < -0.4 is 10.6 Å². The summed E-state index contributed by atoms with van der Waals surface area (Å²) >= 11 is 0. The second kappa shape index (κ2) is 7.13. The van der Waals surface area contributed by atoms with Crippen LogP contribution in [0.2, 0.25) is 0 Å². The lowest BCUT2D eigenvalue weighted by molar-refractivity contribution is 0.236. The minimum absolute atomic E-state index is 0.152. The van der Waals surface area contributed by atoms with Gasteiger partial charge in [-0.15, -0.1) is 0 Å². The fourth-order valence-electron chi connectivity index (χ4n) is 2.95. The van der Waals surface area contributed by atoms with Crippen LogP contribution in [0.15, 0.2) is 47.4 Å². The Morgan fingerprint density at radius 1 is 1.25 bits per heavy atom. The Balaban J connectivity index is 1.56. The Morgan fingerprint density at radius 3 is 2.71 bits per heavy atom. The highest BCUT2D eigenvalue weighted by atomic mass is 32.2. The summed E-state index contributed by atoms with van der Waals surface area (Å²) in [5, 5.41) is 5.70. The van der Waals surface area contributed by atoms with Gasteiger partial charge in [-0.2, -0.15) is 0 Å². The molecule has 1 aliphatic carbocycles. The van der Waals surface area contributed by atoms with Gasteiger partial charge >= 0.3 is 6.03 Å². The van der Waals surface area contributed by atoms with Gasteiger partial charge in [-0.3, -0.25) is 4.21 Å². The molecule has 0 aromatic heterocycles. The molecule has 6 heteroatoms. The molecular formula is C18H19FN2O2S. The zero-order valence-corrected chi connectivity index (χ0v) is 14.2. The molecule has 0 spiro atoms. The number of benzene rings is 2. The maximum absolute atomic E-state index is 13.7. The summed E-state index contributed by atoms with van der Waals surface area (Å²) in [6.45, 7) is 0.380. The van der Waals surface area contributed by atoms with Crippen LogP contribution in [0.1, 0.15) is 29.2 Å². The third-order valence-electron chi connectivity index (χ3n) is 4.23. The summed E-state index contributed by atoms with van der Waals surface area (Å²) in [5.74, 6) is -0.203. The molecule has 0 aliphatic heterocycles. The Hall–Kier alpha value is -2.21. The average Bonchev–Trinajstić information content (AvgIpc) is 2.98. The highest BCUT2D eigenvalue weighted by Gasteiger charge is 2.25. The van der Waals surface area contributed by atoms with Gasteiger partial charge in [-0.25, -0.2) is 9.18 Å². The van der Waals surface area contributed by atoms with Gasteiger partial charge in [-0.05, 0) is 47.7 Å². The zero-order chi connectivity index (χ0) is 17.1. The first-order valence-electron chi connectivity index (χ1n) is 7.78. The van der Waals surface area contributed by atoms with Crippen molar-refractivity contribution in [2.24, 2.45) is 0 Å². The van der Waals surface area contributed by atoms with Crippen molar-refractivity contribution in [3.63, 3.8) is 0 Å². The van der Waals surface area contributed by atoms with Crippen LogP contribution in [-0.4, -0.2) is 16.5 Å². The Kier molecular flexibility index (Phi) is 4.94. The number of nitrogens with one attached hydrogen (secondary N) is 2. The first kappa shape index (κ1) is 16.6. The molecule has 0 fully saturated rings. The van der Waals surface area contributed by atoms with Crippen molar-refractivity contribution in [3.05, 3.63) is 65.0 Å². The molecule has 1 aliphatic rings. The van der Waals surface area contributed by atoms with E-state index in [0.29, 0.717) is 24.9 Å².